The summed E-state index contributed by atoms with van der Waals surface area (Å²) in [5.74, 6) is 1.03. The Hall–Kier alpha value is -1.68. The Bertz CT molecular complexity index is 900. The van der Waals surface area contributed by atoms with Crippen molar-refractivity contribution in [1.29, 1.82) is 0 Å². The van der Waals surface area contributed by atoms with Gasteiger partial charge < -0.3 is 0 Å². The molecule has 0 saturated carbocycles. The molecule has 5 heteroatoms. The van der Waals surface area contributed by atoms with Crippen LogP contribution in [-0.4, -0.2) is 29.3 Å². The molecule has 1 aliphatic carbocycles. The molecule has 2 aromatic rings. The fourth-order valence-electron chi connectivity index (χ4n) is 3.77. The van der Waals surface area contributed by atoms with E-state index in [0.29, 0.717) is 0 Å². The van der Waals surface area contributed by atoms with Gasteiger partial charge in [0.05, 0.1) is 0 Å². The third kappa shape index (κ3) is 4.48. The van der Waals surface area contributed by atoms with Gasteiger partial charge in [-0.15, -0.1) is 0 Å². The van der Waals surface area contributed by atoms with Gasteiger partial charge in [0, 0.05) is 0 Å². The number of methoxy groups -OCH3 is 1. The van der Waals surface area contributed by atoms with Crippen molar-refractivity contribution in [2.75, 3.05) is 7.11 Å². The summed E-state index contributed by atoms with van der Waals surface area (Å²) in [4.78, 5) is -0.00671. The first-order valence-electron chi connectivity index (χ1n) is 9.72. The van der Waals surface area contributed by atoms with Crippen molar-refractivity contribution >= 4 is 26.6 Å². The Morgan fingerprint density at radius 1 is 1.14 bits per heavy atom. The van der Waals surface area contributed by atoms with Crippen molar-refractivity contribution in [3.05, 3.63) is 71.0 Å². The number of fused-ring (bicyclic) bond motifs is 1. The first-order valence-corrected chi connectivity index (χ1v) is 15.7. The maximum absolute atomic E-state index is 13.6. The van der Waals surface area contributed by atoms with Crippen molar-refractivity contribution in [2.45, 2.75) is 50.6 Å². The molecule has 0 fully saturated rings. The first-order chi connectivity index (χ1) is 13.2. The summed E-state index contributed by atoms with van der Waals surface area (Å²) >= 11 is -2.28. The van der Waals surface area contributed by atoms with E-state index >= 15 is 0 Å². The van der Waals surface area contributed by atoms with Gasteiger partial charge in [-0.05, 0) is 0 Å². The predicted octanol–water partition coefficient (Wildman–Crippen LogP) is 5.10. The van der Waals surface area contributed by atoms with E-state index in [4.69, 9.17) is 9.16 Å². The van der Waals surface area contributed by atoms with E-state index < -0.39 is 22.2 Å². The third-order valence-electron chi connectivity index (χ3n) is 5.08. The molecule has 1 aliphatic rings. The number of rotatable bonds is 5. The van der Waals surface area contributed by atoms with E-state index in [1.807, 2.05) is 36.6 Å². The van der Waals surface area contributed by atoms with Crippen molar-refractivity contribution in [2.24, 2.45) is 0 Å². The number of benzene rings is 2. The molecule has 0 spiro atoms. The summed E-state index contributed by atoms with van der Waals surface area (Å²) in [5.41, 5.74) is 4.78. The Balaban J connectivity index is 2.11. The Kier molecular flexibility index (Phi) is 6.28. The zero-order chi connectivity index (χ0) is 20.5. The molecule has 3 atom stereocenters. The van der Waals surface area contributed by atoms with Crippen molar-refractivity contribution in [3.8, 4) is 5.75 Å². The van der Waals surface area contributed by atoms with Crippen LogP contribution in [0.2, 0.25) is 24.5 Å². The van der Waals surface area contributed by atoms with Gasteiger partial charge in [0.25, 0.3) is 0 Å². The molecule has 0 bridgehead atoms. The molecular formula is C23H30O3SeSi. The second-order valence-electron chi connectivity index (χ2n) is 8.41. The SMILES string of the molecule is COc1cc(C)cc2c1C(C)/C(=C/O[Si](C)(C)C)C([Se](=O)c1ccccc1)C2. The van der Waals surface area contributed by atoms with Crippen LogP contribution in [-0.2, 0) is 14.7 Å². The van der Waals surface area contributed by atoms with E-state index in [-0.39, 0.29) is 10.7 Å². The summed E-state index contributed by atoms with van der Waals surface area (Å²) in [6, 6.07) is 14.2. The van der Waals surface area contributed by atoms with Gasteiger partial charge in [0.2, 0.25) is 0 Å². The molecule has 0 N–H and O–H groups in total. The fraction of sp³-hybridized carbons (Fsp3) is 0.391. The normalized spacial score (nSPS) is 21.9. The molecule has 3 rings (SSSR count). The van der Waals surface area contributed by atoms with Crippen LogP contribution in [0.15, 0.2) is 54.3 Å². The molecule has 28 heavy (non-hydrogen) atoms. The van der Waals surface area contributed by atoms with E-state index in [2.05, 4.69) is 45.6 Å². The summed E-state index contributed by atoms with van der Waals surface area (Å²) in [6.45, 7) is 10.8. The van der Waals surface area contributed by atoms with E-state index in [1.54, 1.807) is 7.11 Å². The molecule has 150 valence electrons. The van der Waals surface area contributed by atoms with Crippen molar-refractivity contribution in [3.63, 3.8) is 0 Å². The summed E-state index contributed by atoms with van der Waals surface area (Å²) in [6.07, 6.45) is 2.70. The minimum atomic E-state index is -2.28. The van der Waals surface area contributed by atoms with Crippen LogP contribution < -0.4 is 9.20 Å². The molecule has 0 aromatic heterocycles. The molecule has 0 radical (unpaired) electrons. The topological polar surface area (TPSA) is 35.5 Å². The van der Waals surface area contributed by atoms with Crippen molar-refractivity contribution < 1.29 is 13.0 Å². The molecule has 2 aromatic carbocycles. The van der Waals surface area contributed by atoms with Crippen LogP contribution in [0.5, 0.6) is 5.75 Å². The summed E-state index contributed by atoms with van der Waals surface area (Å²) < 4.78 is 26.5. The van der Waals surface area contributed by atoms with Gasteiger partial charge >= 0.3 is 174 Å². The number of ether oxygens (including phenoxy) is 1. The van der Waals surface area contributed by atoms with Gasteiger partial charge in [0.1, 0.15) is 0 Å². The Labute approximate surface area is 174 Å². The first kappa shape index (κ1) is 21.0. The van der Waals surface area contributed by atoms with E-state index in [9.17, 15) is 3.83 Å². The number of aryl methyl sites for hydroxylation is 1. The average Bonchev–Trinajstić information content (AvgIpc) is 2.65. The molecule has 0 amide bonds. The number of hydrogen-bond donors (Lipinski definition) is 0. The Morgan fingerprint density at radius 2 is 1.82 bits per heavy atom. The standard InChI is InChI=1S/C23H30O3SeSi/c1-16-12-18-14-22(27(24)19-10-8-7-9-11-19)20(15-26-28(4,5)6)17(2)23(18)21(13-16)25-3/h7-13,15,17,22H,14H2,1-6H3/b20-15-. The number of hydrogen-bond acceptors (Lipinski definition) is 3. The predicted molar refractivity (Wildman–Crippen MR) is 119 cm³/mol. The maximum atomic E-state index is 13.6. The zero-order valence-corrected chi connectivity index (χ0v) is 20.3. The fourth-order valence-corrected chi connectivity index (χ4v) is 7.60. The van der Waals surface area contributed by atoms with Crippen LogP contribution in [0, 0.1) is 6.92 Å². The van der Waals surface area contributed by atoms with Gasteiger partial charge in [0.15, 0.2) is 0 Å². The molecule has 3 unspecified atom stereocenters. The minimum absolute atomic E-state index is 0.00671. The number of allylic oxidation sites excluding steroid dienone is 1. The van der Waals surface area contributed by atoms with Gasteiger partial charge in [-0.3, -0.25) is 0 Å². The van der Waals surface area contributed by atoms with Crippen molar-refractivity contribution in [1.82, 2.24) is 0 Å². The van der Waals surface area contributed by atoms with Crippen LogP contribution in [0.3, 0.4) is 0 Å². The average molecular weight is 462 g/mol. The van der Waals surface area contributed by atoms with Gasteiger partial charge in [-0.1, -0.05) is 0 Å². The quantitative estimate of drug-likeness (QED) is 0.459. The summed E-state index contributed by atoms with van der Waals surface area (Å²) in [7, 11) is -0.00641. The van der Waals surface area contributed by atoms with E-state index in [1.165, 1.54) is 16.7 Å². The van der Waals surface area contributed by atoms with Gasteiger partial charge in [-0.25, -0.2) is 0 Å². The second kappa shape index (κ2) is 8.36. The summed E-state index contributed by atoms with van der Waals surface area (Å²) in [5, 5.41) is 0. The van der Waals surface area contributed by atoms with Crippen LogP contribution in [0.1, 0.15) is 29.5 Å². The van der Waals surface area contributed by atoms with Crippen LogP contribution >= 0.6 is 0 Å². The van der Waals surface area contributed by atoms with Crippen LogP contribution in [0.4, 0.5) is 0 Å². The van der Waals surface area contributed by atoms with E-state index in [0.717, 1.165) is 22.2 Å². The molecule has 0 saturated heterocycles. The van der Waals surface area contributed by atoms with Gasteiger partial charge in [-0.2, -0.15) is 0 Å². The molecule has 0 heterocycles. The van der Waals surface area contributed by atoms with Crippen LogP contribution in [0.25, 0.3) is 0 Å². The molecule has 3 nitrogen and oxygen atoms in total. The third-order valence-corrected chi connectivity index (χ3v) is 9.46. The second-order valence-corrected chi connectivity index (χ2v) is 16.3. The molecular weight excluding hydrogens is 431 g/mol. The molecule has 0 aliphatic heterocycles. The monoisotopic (exact) mass is 462 g/mol. The zero-order valence-electron chi connectivity index (χ0n) is 17.6. The Morgan fingerprint density at radius 3 is 2.43 bits per heavy atom.